The first kappa shape index (κ1) is 16.0. The predicted molar refractivity (Wildman–Crippen MR) is 86.4 cm³/mol. The zero-order valence-corrected chi connectivity index (χ0v) is 13.7. The molecule has 0 unspecified atom stereocenters. The number of hydrogen-bond donors (Lipinski definition) is 0. The van der Waals surface area contributed by atoms with E-state index in [9.17, 15) is 14.0 Å². The molecule has 3 atom stereocenters. The molecule has 0 saturated carbocycles. The van der Waals surface area contributed by atoms with Crippen molar-refractivity contribution in [1.82, 2.24) is 4.90 Å². The Bertz CT molecular complexity index is 592. The van der Waals surface area contributed by atoms with Gasteiger partial charge in [0.05, 0.1) is 5.92 Å². The molecular formula is C18H23FN2O2. The quantitative estimate of drug-likeness (QED) is 0.841. The van der Waals surface area contributed by atoms with Crippen molar-refractivity contribution in [3.05, 3.63) is 30.1 Å². The van der Waals surface area contributed by atoms with E-state index < -0.39 is 0 Å². The van der Waals surface area contributed by atoms with Crippen molar-refractivity contribution in [3.8, 4) is 0 Å². The van der Waals surface area contributed by atoms with E-state index in [2.05, 4.69) is 13.8 Å². The van der Waals surface area contributed by atoms with Crippen LogP contribution in [0.1, 0.15) is 26.7 Å². The van der Waals surface area contributed by atoms with Gasteiger partial charge in [-0.05, 0) is 42.5 Å². The first-order valence-electron chi connectivity index (χ1n) is 8.28. The Hall–Kier alpha value is -1.91. The van der Waals surface area contributed by atoms with Crippen LogP contribution in [0.5, 0.6) is 0 Å². The first-order chi connectivity index (χ1) is 10.9. The minimum atomic E-state index is -0.329. The number of nitrogens with zero attached hydrogens (tertiary/aromatic N) is 2. The topological polar surface area (TPSA) is 40.6 Å². The number of anilines is 1. The van der Waals surface area contributed by atoms with Crippen molar-refractivity contribution in [1.29, 1.82) is 0 Å². The molecule has 5 heteroatoms. The van der Waals surface area contributed by atoms with Crippen LogP contribution < -0.4 is 4.90 Å². The molecule has 2 fully saturated rings. The van der Waals surface area contributed by atoms with E-state index >= 15 is 0 Å². The summed E-state index contributed by atoms with van der Waals surface area (Å²) in [5, 5.41) is 0. The van der Waals surface area contributed by atoms with Crippen molar-refractivity contribution in [2.75, 3.05) is 24.5 Å². The summed E-state index contributed by atoms with van der Waals surface area (Å²) in [6, 6.07) is 5.85. The van der Waals surface area contributed by atoms with E-state index in [1.54, 1.807) is 17.0 Å². The monoisotopic (exact) mass is 318 g/mol. The highest BCUT2D eigenvalue weighted by Crippen LogP contribution is 2.29. The van der Waals surface area contributed by atoms with Crippen molar-refractivity contribution in [2.24, 2.45) is 17.8 Å². The fraction of sp³-hybridized carbons (Fsp3) is 0.556. The van der Waals surface area contributed by atoms with E-state index in [0.29, 0.717) is 24.1 Å². The number of hydrogen-bond acceptors (Lipinski definition) is 2. The number of rotatable bonds is 2. The third-order valence-electron chi connectivity index (χ3n) is 4.79. The third-order valence-corrected chi connectivity index (χ3v) is 4.79. The molecule has 0 N–H and O–H groups in total. The molecule has 124 valence electrons. The summed E-state index contributed by atoms with van der Waals surface area (Å²) >= 11 is 0. The minimum absolute atomic E-state index is 0.0620. The first-order valence-corrected chi connectivity index (χ1v) is 8.28. The molecule has 0 radical (unpaired) electrons. The van der Waals surface area contributed by atoms with Crippen molar-refractivity contribution >= 4 is 17.5 Å². The molecule has 0 aliphatic carbocycles. The lowest BCUT2D eigenvalue weighted by atomic mass is 9.91. The summed E-state index contributed by atoms with van der Waals surface area (Å²) in [5.74, 6) is 0.421. The standard InChI is InChI=1S/C18H23FN2O2/c1-12-7-13(2)10-20(9-12)18(23)14-8-17(22)21(11-14)16-5-3-15(19)4-6-16/h3-6,12-14H,7-11H2,1-2H3/t12-,13+,14-/m1/s1. The van der Waals surface area contributed by atoms with E-state index in [-0.39, 0.29) is 30.0 Å². The van der Waals surface area contributed by atoms with Crippen LogP contribution in [0.3, 0.4) is 0 Å². The lowest BCUT2D eigenvalue weighted by Gasteiger charge is -2.36. The highest BCUT2D eigenvalue weighted by Gasteiger charge is 2.38. The molecule has 2 amide bonds. The van der Waals surface area contributed by atoms with Gasteiger partial charge >= 0.3 is 0 Å². The Morgan fingerprint density at radius 3 is 2.30 bits per heavy atom. The second kappa shape index (κ2) is 6.30. The number of likely N-dealkylation sites (tertiary alicyclic amines) is 1. The van der Waals surface area contributed by atoms with E-state index in [4.69, 9.17) is 0 Å². The molecule has 4 nitrogen and oxygen atoms in total. The van der Waals surface area contributed by atoms with Gasteiger partial charge in [0, 0.05) is 31.7 Å². The minimum Gasteiger partial charge on any atom is -0.342 e. The Balaban J connectivity index is 1.69. The van der Waals surface area contributed by atoms with Crippen LogP contribution in [-0.4, -0.2) is 36.3 Å². The lowest BCUT2D eigenvalue weighted by Crippen LogP contribution is -2.45. The van der Waals surface area contributed by atoms with E-state index in [1.807, 2.05) is 4.90 Å². The maximum atomic E-state index is 13.0. The Morgan fingerprint density at radius 1 is 1.09 bits per heavy atom. The van der Waals surface area contributed by atoms with Gasteiger partial charge in [-0.2, -0.15) is 0 Å². The van der Waals surface area contributed by atoms with Crippen LogP contribution >= 0.6 is 0 Å². The van der Waals surface area contributed by atoms with Crippen molar-refractivity contribution < 1.29 is 14.0 Å². The van der Waals surface area contributed by atoms with Gasteiger partial charge in [0.1, 0.15) is 5.82 Å². The van der Waals surface area contributed by atoms with Crippen LogP contribution in [0.2, 0.25) is 0 Å². The smallest absolute Gasteiger partial charge is 0.228 e. The Morgan fingerprint density at radius 2 is 1.70 bits per heavy atom. The normalized spacial score (nSPS) is 28.3. The molecule has 1 aromatic carbocycles. The summed E-state index contributed by atoms with van der Waals surface area (Å²) in [5.41, 5.74) is 0.659. The number of piperidine rings is 1. The maximum absolute atomic E-state index is 13.0. The number of amides is 2. The molecule has 3 rings (SSSR count). The zero-order chi connectivity index (χ0) is 16.6. The average Bonchev–Trinajstić information content (AvgIpc) is 2.88. The average molecular weight is 318 g/mol. The van der Waals surface area contributed by atoms with Gasteiger partial charge in [-0.3, -0.25) is 9.59 Å². The zero-order valence-electron chi connectivity index (χ0n) is 13.7. The van der Waals surface area contributed by atoms with Gasteiger partial charge in [0.2, 0.25) is 11.8 Å². The van der Waals surface area contributed by atoms with E-state index in [0.717, 1.165) is 19.5 Å². The van der Waals surface area contributed by atoms with Crippen LogP contribution in [0.25, 0.3) is 0 Å². The predicted octanol–water partition coefficient (Wildman–Crippen LogP) is 2.68. The molecule has 2 saturated heterocycles. The molecule has 2 heterocycles. The second-order valence-electron chi connectivity index (χ2n) is 7.07. The Kier molecular flexibility index (Phi) is 4.37. The molecular weight excluding hydrogens is 295 g/mol. The summed E-state index contributed by atoms with van der Waals surface area (Å²) in [6.45, 7) is 6.29. The fourth-order valence-corrected chi connectivity index (χ4v) is 3.84. The van der Waals surface area contributed by atoms with Gasteiger partial charge in [0.15, 0.2) is 0 Å². The summed E-state index contributed by atoms with van der Waals surface area (Å²) < 4.78 is 13.0. The van der Waals surface area contributed by atoms with Gasteiger partial charge in [-0.15, -0.1) is 0 Å². The summed E-state index contributed by atoms with van der Waals surface area (Å²) in [7, 11) is 0. The van der Waals surface area contributed by atoms with Crippen LogP contribution in [-0.2, 0) is 9.59 Å². The lowest BCUT2D eigenvalue weighted by molar-refractivity contribution is -0.138. The van der Waals surface area contributed by atoms with Crippen molar-refractivity contribution in [3.63, 3.8) is 0 Å². The van der Waals surface area contributed by atoms with Gasteiger partial charge in [-0.25, -0.2) is 4.39 Å². The maximum Gasteiger partial charge on any atom is 0.228 e. The summed E-state index contributed by atoms with van der Waals surface area (Å²) in [6.07, 6.45) is 1.39. The number of halogens is 1. The van der Waals surface area contributed by atoms with Gasteiger partial charge in [-0.1, -0.05) is 13.8 Å². The fourth-order valence-electron chi connectivity index (χ4n) is 3.84. The molecule has 23 heavy (non-hydrogen) atoms. The Labute approximate surface area is 136 Å². The van der Waals surface area contributed by atoms with Gasteiger partial charge < -0.3 is 9.80 Å². The molecule has 0 bridgehead atoms. The molecule has 0 spiro atoms. The van der Waals surface area contributed by atoms with Crippen LogP contribution in [0.4, 0.5) is 10.1 Å². The summed E-state index contributed by atoms with van der Waals surface area (Å²) in [4.78, 5) is 28.5. The van der Waals surface area contributed by atoms with Gasteiger partial charge in [0.25, 0.3) is 0 Å². The highest BCUT2D eigenvalue weighted by atomic mass is 19.1. The van der Waals surface area contributed by atoms with Crippen molar-refractivity contribution in [2.45, 2.75) is 26.7 Å². The molecule has 2 aliphatic rings. The third kappa shape index (κ3) is 3.38. The highest BCUT2D eigenvalue weighted by molar-refractivity contribution is 6.00. The molecule has 0 aromatic heterocycles. The second-order valence-corrected chi connectivity index (χ2v) is 7.07. The molecule has 1 aromatic rings. The number of benzene rings is 1. The molecule has 2 aliphatic heterocycles. The van der Waals surface area contributed by atoms with Crippen LogP contribution in [0.15, 0.2) is 24.3 Å². The SMILES string of the molecule is C[C@@H]1C[C@H](C)CN(C(=O)[C@@H]2CC(=O)N(c3ccc(F)cc3)C2)C1. The van der Waals surface area contributed by atoms with E-state index in [1.165, 1.54) is 12.1 Å². The van der Waals surface area contributed by atoms with Crippen LogP contribution in [0, 0.1) is 23.6 Å². The number of carbonyl (C=O) groups is 2. The number of carbonyl (C=O) groups excluding carboxylic acids is 2. The largest absolute Gasteiger partial charge is 0.342 e.